The molecule has 62 valence electrons. The summed E-state index contributed by atoms with van der Waals surface area (Å²) in [6.07, 6.45) is 1.77. The molecular formula is C9H11N3. The topological polar surface area (TPSA) is 30.2 Å². The van der Waals surface area contributed by atoms with Gasteiger partial charge in [-0.1, -0.05) is 25.1 Å². The van der Waals surface area contributed by atoms with Gasteiger partial charge in [-0.2, -0.15) is 0 Å². The molecule has 2 rings (SSSR count). The Morgan fingerprint density at radius 2 is 2.17 bits per heavy atom. The predicted molar refractivity (Wildman–Crippen MR) is 47.1 cm³/mol. The van der Waals surface area contributed by atoms with Crippen LogP contribution in [0.2, 0.25) is 0 Å². The van der Waals surface area contributed by atoms with Gasteiger partial charge in [0, 0.05) is 5.69 Å². The van der Waals surface area contributed by atoms with E-state index >= 15 is 0 Å². The van der Waals surface area contributed by atoms with E-state index in [9.17, 15) is 0 Å². The van der Waals surface area contributed by atoms with Crippen LogP contribution in [0.15, 0.2) is 24.4 Å². The first-order valence-corrected chi connectivity index (χ1v) is 4.08. The van der Waals surface area contributed by atoms with Gasteiger partial charge in [0.2, 0.25) is 0 Å². The maximum Gasteiger partial charge on any atom is 0.0868 e. The molecular weight excluding hydrogens is 150 g/mol. The molecule has 3 nitrogen and oxygen atoms in total. The van der Waals surface area contributed by atoms with Gasteiger partial charge in [-0.05, 0) is 18.1 Å². The van der Waals surface area contributed by atoms with Gasteiger partial charge in [-0.3, -0.25) is 0 Å². The fourth-order valence-corrected chi connectivity index (χ4v) is 1.31. The van der Waals surface area contributed by atoms with Crippen LogP contribution in [0, 0.1) is 0 Å². The van der Waals surface area contributed by atoms with E-state index in [4.69, 9.17) is 0 Å². The second kappa shape index (κ2) is 2.59. The average molecular weight is 161 g/mol. The second-order valence-electron chi connectivity index (χ2n) is 3.18. The lowest BCUT2D eigenvalue weighted by Gasteiger charge is -2.05. The molecule has 0 saturated heterocycles. The standard InChI is InChI=1S/C9H11N3/c1-7(2)9-5-3-4-8-6-10-11-12(8)9/h3-7H,1-2H3. The highest BCUT2D eigenvalue weighted by Gasteiger charge is 2.04. The molecule has 3 heteroatoms. The lowest BCUT2D eigenvalue weighted by Crippen LogP contribution is -1.99. The molecule has 12 heavy (non-hydrogen) atoms. The molecule has 0 atom stereocenters. The monoisotopic (exact) mass is 161 g/mol. The highest BCUT2D eigenvalue weighted by atomic mass is 15.4. The van der Waals surface area contributed by atoms with E-state index in [-0.39, 0.29) is 0 Å². The Hall–Kier alpha value is -1.38. The smallest absolute Gasteiger partial charge is 0.0868 e. The average Bonchev–Trinajstić information content (AvgIpc) is 2.49. The molecule has 0 unspecified atom stereocenters. The molecule has 0 aliphatic heterocycles. The van der Waals surface area contributed by atoms with E-state index in [0.29, 0.717) is 5.92 Å². The van der Waals surface area contributed by atoms with E-state index in [2.05, 4.69) is 30.2 Å². The number of nitrogens with zero attached hydrogens (tertiary/aromatic N) is 3. The molecule has 0 radical (unpaired) electrons. The van der Waals surface area contributed by atoms with E-state index in [0.717, 1.165) is 5.52 Å². The third-order valence-electron chi connectivity index (χ3n) is 1.95. The zero-order valence-corrected chi connectivity index (χ0v) is 7.23. The van der Waals surface area contributed by atoms with Crippen molar-refractivity contribution in [1.82, 2.24) is 14.8 Å². The van der Waals surface area contributed by atoms with Crippen molar-refractivity contribution in [1.29, 1.82) is 0 Å². The van der Waals surface area contributed by atoms with E-state index < -0.39 is 0 Å². The van der Waals surface area contributed by atoms with Crippen molar-refractivity contribution in [2.24, 2.45) is 0 Å². The Bertz CT molecular complexity index is 389. The van der Waals surface area contributed by atoms with Crippen molar-refractivity contribution in [3.8, 4) is 0 Å². The Balaban J connectivity index is 2.73. The van der Waals surface area contributed by atoms with Crippen molar-refractivity contribution >= 4 is 5.52 Å². The van der Waals surface area contributed by atoms with Gasteiger partial charge in [-0.15, -0.1) is 5.10 Å². The summed E-state index contributed by atoms with van der Waals surface area (Å²) in [7, 11) is 0. The second-order valence-corrected chi connectivity index (χ2v) is 3.18. The lowest BCUT2D eigenvalue weighted by molar-refractivity contribution is 0.730. The molecule has 0 aliphatic carbocycles. The molecule has 0 saturated carbocycles. The van der Waals surface area contributed by atoms with Crippen LogP contribution in [0.5, 0.6) is 0 Å². The van der Waals surface area contributed by atoms with Crippen LogP contribution in [-0.2, 0) is 0 Å². The molecule has 2 aromatic rings. The number of hydrogen-bond donors (Lipinski definition) is 0. The van der Waals surface area contributed by atoms with E-state index in [1.54, 1.807) is 6.20 Å². The fourth-order valence-electron chi connectivity index (χ4n) is 1.31. The summed E-state index contributed by atoms with van der Waals surface area (Å²) >= 11 is 0. The van der Waals surface area contributed by atoms with Crippen LogP contribution in [0.4, 0.5) is 0 Å². The molecule has 2 aromatic heterocycles. The summed E-state index contributed by atoms with van der Waals surface area (Å²) in [6, 6.07) is 6.12. The van der Waals surface area contributed by atoms with Crippen molar-refractivity contribution in [2.45, 2.75) is 19.8 Å². The number of hydrogen-bond acceptors (Lipinski definition) is 2. The molecule has 0 amide bonds. The number of aromatic nitrogens is 3. The van der Waals surface area contributed by atoms with Gasteiger partial charge in [0.05, 0.1) is 11.7 Å². The first-order chi connectivity index (χ1) is 5.79. The normalized spacial score (nSPS) is 11.2. The van der Waals surface area contributed by atoms with Crippen LogP contribution in [0.25, 0.3) is 5.52 Å². The fraction of sp³-hybridized carbons (Fsp3) is 0.333. The molecule has 0 aliphatic rings. The van der Waals surface area contributed by atoms with Crippen LogP contribution in [0.3, 0.4) is 0 Å². The number of fused-ring (bicyclic) bond motifs is 1. The van der Waals surface area contributed by atoms with Crippen molar-refractivity contribution in [3.63, 3.8) is 0 Å². The lowest BCUT2D eigenvalue weighted by atomic mass is 10.1. The Morgan fingerprint density at radius 1 is 1.33 bits per heavy atom. The zero-order valence-electron chi connectivity index (χ0n) is 7.23. The molecule has 0 N–H and O–H groups in total. The van der Waals surface area contributed by atoms with Gasteiger partial charge < -0.3 is 0 Å². The minimum atomic E-state index is 0.482. The van der Waals surface area contributed by atoms with Gasteiger partial charge in [0.1, 0.15) is 0 Å². The van der Waals surface area contributed by atoms with Gasteiger partial charge in [0.15, 0.2) is 0 Å². The maximum absolute atomic E-state index is 4.01. The summed E-state index contributed by atoms with van der Waals surface area (Å²) in [5.74, 6) is 0.482. The highest BCUT2D eigenvalue weighted by molar-refractivity contribution is 5.44. The van der Waals surface area contributed by atoms with Gasteiger partial charge >= 0.3 is 0 Å². The van der Waals surface area contributed by atoms with Crippen molar-refractivity contribution < 1.29 is 0 Å². The molecule has 0 aromatic carbocycles. The highest BCUT2D eigenvalue weighted by Crippen LogP contribution is 2.14. The van der Waals surface area contributed by atoms with Crippen molar-refractivity contribution in [2.75, 3.05) is 0 Å². The molecule has 0 bridgehead atoms. The van der Waals surface area contributed by atoms with Crippen LogP contribution < -0.4 is 0 Å². The number of rotatable bonds is 1. The first-order valence-electron chi connectivity index (χ1n) is 4.08. The minimum absolute atomic E-state index is 0.482. The SMILES string of the molecule is CC(C)c1cccc2cnnn12. The number of pyridine rings is 1. The first kappa shape index (κ1) is 7.28. The molecule has 2 heterocycles. The Kier molecular flexibility index (Phi) is 1.57. The van der Waals surface area contributed by atoms with Crippen LogP contribution in [-0.4, -0.2) is 14.8 Å². The summed E-state index contributed by atoms with van der Waals surface area (Å²) < 4.78 is 1.88. The van der Waals surface area contributed by atoms with E-state index in [1.165, 1.54) is 5.69 Å². The van der Waals surface area contributed by atoms with Crippen LogP contribution in [0.1, 0.15) is 25.5 Å². The maximum atomic E-state index is 4.01. The van der Waals surface area contributed by atoms with Gasteiger partial charge in [0.25, 0.3) is 0 Å². The summed E-state index contributed by atoms with van der Waals surface area (Å²) in [5.41, 5.74) is 2.26. The summed E-state index contributed by atoms with van der Waals surface area (Å²) in [5, 5.41) is 7.86. The predicted octanol–water partition coefficient (Wildman–Crippen LogP) is 1.85. The zero-order chi connectivity index (χ0) is 8.55. The third kappa shape index (κ3) is 0.978. The summed E-state index contributed by atoms with van der Waals surface area (Å²) in [4.78, 5) is 0. The Labute approximate surface area is 71.0 Å². The van der Waals surface area contributed by atoms with E-state index in [1.807, 2.05) is 16.6 Å². The third-order valence-corrected chi connectivity index (χ3v) is 1.95. The Morgan fingerprint density at radius 3 is 2.92 bits per heavy atom. The minimum Gasteiger partial charge on any atom is -0.217 e. The van der Waals surface area contributed by atoms with Crippen molar-refractivity contribution in [3.05, 3.63) is 30.1 Å². The largest absolute Gasteiger partial charge is 0.217 e. The quantitative estimate of drug-likeness (QED) is 0.639. The van der Waals surface area contributed by atoms with Crippen LogP contribution >= 0.6 is 0 Å². The molecule has 0 fully saturated rings. The van der Waals surface area contributed by atoms with Gasteiger partial charge in [-0.25, -0.2) is 4.52 Å². The summed E-state index contributed by atoms with van der Waals surface area (Å²) in [6.45, 7) is 4.30. The molecule has 0 spiro atoms.